The minimum Gasteiger partial charge on any atom is -0.497 e. The Bertz CT molecular complexity index is 570. The van der Waals surface area contributed by atoms with Gasteiger partial charge < -0.3 is 19.7 Å². The lowest BCUT2D eigenvalue weighted by Crippen LogP contribution is -2.47. The molecule has 1 saturated heterocycles. The summed E-state index contributed by atoms with van der Waals surface area (Å²) < 4.78 is 10.4. The summed E-state index contributed by atoms with van der Waals surface area (Å²) in [6.07, 6.45) is 1.54. The number of carbonyl (C=O) groups is 2. The minimum absolute atomic E-state index is 0.0142. The predicted octanol–water partition coefficient (Wildman–Crippen LogP) is 2.08. The van der Waals surface area contributed by atoms with Gasteiger partial charge in [0.1, 0.15) is 11.5 Å². The number of rotatable bonds is 5. The summed E-state index contributed by atoms with van der Waals surface area (Å²) in [6, 6.07) is 5.18. The van der Waals surface area contributed by atoms with Crippen molar-refractivity contribution in [3.05, 3.63) is 23.8 Å². The first-order valence-electron chi connectivity index (χ1n) is 8.27. The van der Waals surface area contributed by atoms with Crippen LogP contribution in [0.2, 0.25) is 0 Å². The lowest BCUT2D eigenvalue weighted by atomic mass is 10.0. The smallest absolute Gasteiger partial charge is 0.251 e. The van der Waals surface area contributed by atoms with Gasteiger partial charge in [0.05, 0.1) is 14.2 Å². The summed E-state index contributed by atoms with van der Waals surface area (Å²) in [7, 11) is 3.11. The van der Waals surface area contributed by atoms with Crippen molar-refractivity contribution in [2.45, 2.75) is 32.7 Å². The molecule has 1 aliphatic heterocycles. The summed E-state index contributed by atoms with van der Waals surface area (Å²) in [6.45, 7) is 5.19. The van der Waals surface area contributed by atoms with E-state index in [9.17, 15) is 9.59 Å². The fourth-order valence-electron chi connectivity index (χ4n) is 2.82. The number of hydrogen-bond donors (Lipinski definition) is 1. The summed E-state index contributed by atoms with van der Waals surface area (Å²) >= 11 is 0. The van der Waals surface area contributed by atoms with Gasteiger partial charge in [0.25, 0.3) is 5.91 Å². The monoisotopic (exact) mass is 334 g/mol. The normalized spacial score (nSPS) is 15.3. The molecule has 0 saturated carbocycles. The Kier molecular flexibility index (Phi) is 6.06. The quantitative estimate of drug-likeness (QED) is 0.895. The third-order valence-electron chi connectivity index (χ3n) is 4.25. The maximum Gasteiger partial charge on any atom is 0.251 e. The highest BCUT2D eigenvalue weighted by Crippen LogP contribution is 2.23. The van der Waals surface area contributed by atoms with Gasteiger partial charge >= 0.3 is 0 Å². The molecule has 132 valence electrons. The van der Waals surface area contributed by atoms with Crippen LogP contribution in [0.4, 0.5) is 0 Å². The van der Waals surface area contributed by atoms with Gasteiger partial charge in [-0.15, -0.1) is 0 Å². The number of ether oxygens (including phenoxy) is 2. The van der Waals surface area contributed by atoms with Crippen LogP contribution in [0.5, 0.6) is 11.5 Å². The molecule has 6 nitrogen and oxygen atoms in total. The van der Waals surface area contributed by atoms with Crippen LogP contribution in [0.1, 0.15) is 37.0 Å². The fraction of sp³-hybridized carbons (Fsp3) is 0.556. The van der Waals surface area contributed by atoms with Gasteiger partial charge in [-0.2, -0.15) is 0 Å². The van der Waals surface area contributed by atoms with E-state index in [4.69, 9.17) is 9.47 Å². The van der Waals surface area contributed by atoms with Crippen molar-refractivity contribution in [2.24, 2.45) is 5.92 Å². The maximum atomic E-state index is 12.5. The molecule has 1 heterocycles. The molecule has 1 N–H and O–H groups in total. The lowest BCUT2D eigenvalue weighted by Gasteiger charge is -2.33. The van der Waals surface area contributed by atoms with Gasteiger partial charge in [0.2, 0.25) is 5.91 Å². The lowest BCUT2D eigenvalue weighted by molar-refractivity contribution is -0.135. The van der Waals surface area contributed by atoms with E-state index in [1.807, 2.05) is 18.7 Å². The molecule has 0 unspecified atom stereocenters. The molecule has 0 bridgehead atoms. The third-order valence-corrected chi connectivity index (χ3v) is 4.25. The first-order chi connectivity index (χ1) is 11.4. The first-order valence-corrected chi connectivity index (χ1v) is 8.27. The highest BCUT2D eigenvalue weighted by atomic mass is 16.5. The number of hydrogen-bond acceptors (Lipinski definition) is 4. The Labute approximate surface area is 143 Å². The zero-order valence-corrected chi connectivity index (χ0v) is 14.8. The van der Waals surface area contributed by atoms with Crippen LogP contribution in [0, 0.1) is 5.92 Å². The summed E-state index contributed by atoms with van der Waals surface area (Å²) in [5.41, 5.74) is 0.506. The Balaban J connectivity index is 1.95. The molecular weight excluding hydrogens is 308 g/mol. The van der Waals surface area contributed by atoms with E-state index < -0.39 is 0 Å². The van der Waals surface area contributed by atoms with Crippen molar-refractivity contribution in [2.75, 3.05) is 27.3 Å². The number of carbonyl (C=O) groups excluding carboxylic acids is 2. The van der Waals surface area contributed by atoms with E-state index in [2.05, 4.69) is 5.32 Å². The van der Waals surface area contributed by atoms with Crippen molar-refractivity contribution in [1.82, 2.24) is 10.2 Å². The zero-order valence-electron chi connectivity index (χ0n) is 14.8. The molecular formula is C18H26N2O4. The largest absolute Gasteiger partial charge is 0.497 e. The topological polar surface area (TPSA) is 67.9 Å². The second-order valence-corrected chi connectivity index (χ2v) is 6.33. The molecule has 0 aliphatic carbocycles. The third kappa shape index (κ3) is 4.40. The summed E-state index contributed by atoms with van der Waals surface area (Å²) in [5.74, 6) is 1.20. The van der Waals surface area contributed by atoms with Gasteiger partial charge in [-0.1, -0.05) is 13.8 Å². The molecule has 1 fully saturated rings. The maximum absolute atomic E-state index is 12.5. The highest BCUT2D eigenvalue weighted by Gasteiger charge is 2.25. The van der Waals surface area contributed by atoms with Gasteiger partial charge in [-0.3, -0.25) is 9.59 Å². The van der Waals surface area contributed by atoms with Crippen LogP contribution in [0.25, 0.3) is 0 Å². The fourth-order valence-corrected chi connectivity index (χ4v) is 2.82. The van der Waals surface area contributed by atoms with Crippen molar-refractivity contribution in [3.8, 4) is 11.5 Å². The predicted molar refractivity (Wildman–Crippen MR) is 91.5 cm³/mol. The van der Waals surface area contributed by atoms with E-state index in [1.54, 1.807) is 32.4 Å². The minimum atomic E-state index is -0.152. The molecule has 6 heteroatoms. The Morgan fingerprint density at radius 3 is 2.08 bits per heavy atom. The molecule has 0 aromatic heterocycles. The number of nitrogens with zero attached hydrogens (tertiary/aromatic N) is 1. The molecule has 1 aromatic rings. The molecule has 0 radical (unpaired) electrons. The Morgan fingerprint density at radius 2 is 1.62 bits per heavy atom. The van der Waals surface area contributed by atoms with Gasteiger partial charge in [0, 0.05) is 36.7 Å². The first kappa shape index (κ1) is 18.1. The molecule has 24 heavy (non-hydrogen) atoms. The number of amides is 2. The van der Waals surface area contributed by atoms with Crippen LogP contribution in [0.3, 0.4) is 0 Å². The van der Waals surface area contributed by atoms with E-state index in [1.165, 1.54) is 0 Å². The Morgan fingerprint density at radius 1 is 1.08 bits per heavy atom. The molecule has 1 aliphatic rings. The molecule has 0 atom stereocenters. The molecule has 0 spiro atoms. The highest BCUT2D eigenvalue weighted by molar-refractivity contribution is 5.95. The van der Waals surface area contributed by atoms with Gasteiger partial charge in [-0.05, 0) is 25.0 Å². The standard InChI is InChI=1S/C18H26N2O4/c1-12(2)18(22)20-7-5-14(6-8-20)19-17(21)13-9-15(23-3)11-16(10-13)24-4/h9-12,14H,5-8H2,1-4H3,(H,19,21). The molecule has 2 rings (SSSR count). The van der Waals surface area contributed by atoms with Crippen LogP contribution in [-0.4, -0.2) is 50.1 Å². The number of piperidine rings is 1. The van der Waals surface area contributed by atoms with E-state index in [0.717, 1.165) is 12.8 Å². The van der Waals surface area contributed by atoms with Crippen LogP contribution < -0.4 is 14.8 Å². The summed E-state index contributed by atoms with van der Waals surface area (Å²) in [4.78, 5) is 26.3. The van der Waals surface area contributed by atoms with E-state index >= 15 is 0 Å². The average Bonchev–Trinajstić information content (AvgIpc) is 2.61. The number of methoxy groups -OCH3 is 2. The van der Waals surface area contributed by atoms with Gasteiger partial charge in [0.15, 0.2) is 0 Å². The summed E-state index contributed by atoms with van der Waals surface area (Å²) in [5, 5.41) is 3.04. The van der Waals surface area contributed by atoms with Crippen molar-refractivity contribution in [3.63, 3.8) is 0 Å². The van der Waals surface area contributed by atoms with E-state index in [0.29, 0.717) is 30.2 Å². The molecule has 1 aromatic carbocycles. The van der Waals surface area contributed by atoms with Crippen LogP contribution in [0.15, 0.2) is 18.2 Å². The van der Waals surface area contributed by atoms with E-state index in [-0.39, 0.29) is 23.8 Å². The van der Waals surface area contributed by atoms with Crippen LogP contribution in [-0.2, 0) is 4.79 Å². The van der Waals surface area contributed by atoms with Crippen molar-refractivity contribution in [1.29, 1.82) is 0 Å². The number of nitrogens with one attached hydrogen (secondary N) is 1. The number of benzene rings is 1. The van der Waals surface area contributed by atoms with Crippen LogP contribution >= 0.6 is 0 Å². The van der Waals surface area contributed by atoms with Crippen molar-refractivity contribution >= 4 is 11.8 Å². The zero-order chi connectivity index (χ0) is 17.7. The van der Waals surface area contributed by atoms with Crippen molar-refractivity contribution < 1.29 is 19.1 Å². The number of likely N-dealkylation sites (tertiary alicyclic amines) is 1. The molecule has 2 amide bonds. The second-order valence-electron chi connectivity index (χ2n) is 6.33. The SMILES string of the molecule is COc1cc(OC)cc(C(=O)NC2CCN(C(=O)C(C)C)CC2)c1. The Hall–Kier alpha value is -2.24. The van der Waals surface area contributed by atoms with Gasteiger partial charge in [-0.25, -0.2) is 0 Å². The second kappa shape index (κ2) is 8.04. The average molecular weight is 334 g/mol.